The Labute approximate surface area is 110 Å². The molecule has 1 saturated heterocycles. The summed E-state index contributed by atoms with van der Waals surface area (Å²) in [5.74, 6) is 0.304. The summed E-state index contributed by atoms with van der Waals surface area (Å²) in [6.07, 6.45) is 1.12. The quantitative estimate of drug-likeness (QED) is 0.863. The number of ether oxygens (including phenoxy) is 1. The van der Waals surface area contributed by atoms with Crippen molar-refractivity contribution >= 4 is 18.0 Å². The Morgan fingerprint density at radius 1 is 1.37 bits per heavy atom. The maximum Gasteiger partial charge on any atom is 0.409 e. The molecule has 0 bridgehead atoms. The van der Waals surface area contributed by atoms with Gasteiger partial charge in [0.25, 0.3) is 0 Å². The molecule has 0 spiro atoms. The summed E-state index contributed by atoms with van der Waals surface area (Å²) in [5, 5.41) is 6.08. The highest BCUT2D eigenvalue weighted by atomic mass is 16.6. The van der Waals surface area contributed by atoms with Crippen molar-refractivity contribution in [3.8, 4) is 0 Å². The summed E-state index contributed by atoms with van der Waals surface area (Å²) in [6.45, 7) is 3.95. The Hall–Kier alpha value is -2.25. The molecule has 8 nitrogen and oxygen atoms in total. The average Bonchev–Trinajstić information content (AvgIpc) is 2.92. The van der Waals surface area contributed by atoms with Crippen molar-refractivity contribution in [2.75, 3.05) is 38.1 Å². The van der Waals surface area contributed by atoms with Crippen molar-refractivity contribution in [2.24, 2.45) is 0 Å². The fourth-order valence-electron chi connectivity index (χ4n) is 1.77. The standard InChI is InChI=1S/C11H16N4O4/c1-2-18-11(17)15-7-5-14(6-8-15)10(16)13-9-3-4-12-19-9/h3-4H,2,5-8H2,1H3,(H,13,16). The van der Waals surface area contributed by atoms with Crippen LogP contribution in [-0.2, 0) is 4.74 Å². The molecular formula is C11H16N4O4. The highest BCUT2D eigenvalue weighted by Gasteiger charge is 2.25. The number of rotatable bonds is 2. The third kappa shape index (κ3) is 3.36. The predicted octanol–water partition coefficient (Wildman–Crippen LogP) is 0.981. The monoisotopic (exact) mass is 268 g/mol. The Kier molecular flexibility index (Phi) is 4.22. The number of nitrogens with one attached hydrogen (secondary N) is 1. The number of nitrogens with zero attached hydrogens (tertiary/aromatic N) is 3. The second kappa shape index (κ2) is 6.07. The van der Waals surface area contributed by atoms with E-state index in [1.165, 1.54) is 6.20 Å². The first-order valence-corrected chi connectivity index (χ1v) is 6.09. The van der Waals surface area contributed by atoms with Crippen LogP contribution in [0.5, 0.6) is 0 Å². The van der Waals surface area contributed by atoms with E-state index in [9.17, 15) is 9.59 Å². The smallest absolute Gasteiger partial charge is 0.409 e. The van der Waals surface area contributed by atoms with Gasteiger partial charge in [-0.3, -0.25) is 5.32 Å². The van der Waals surface area contributed by atoms with Crippen LogP contribution >= 0.6 is 0 Å². The molecule has 1 aromatic rings. The van der Waals surface area contributed by atoms with E-state index >= 15 is 0 Å². The number of amides is 3. The SMILES string of the molecule is CCOC(=O)N1CCN(C(=O)Nc2ccno2)CC1. The predicted molar refractivity (Wildman–Crippen MR) is 65.7 cm³/mol. The van der Waals surface area contributed by atoms with E-state index in [1.807, 2.05) is 0 Å². The lowest BCUT2D eigenvalue weighted by molar-refractivity contribution is 0.0868. The third-order valence-corrected chi connectivity index (χ3v) is 2.76. The number of aromatic nitrogens is 1. The highest BCUT2D eigenvalue weighted by molar-refractivity contribution is 5.88. The fraction of sp³-hybridized carbons (Fsp3) is 0.545. The molecule has 0 radical (unpaired) electrons. The van der Waals surface area contributed by atoms with Gasteiger partial charge in [0.15, 0.2) is 0 Å². The van der Waals surface area contributed by atoms with Gasteiger partial charge in [-0.25, -0.2) is 9.59 Å². The van der Waals surface area contributed by atoms with Gasteiger partial charge in [0.05, 0.1) is 12.8 Å². The molecule has 8 heteroatoms. The summed E-state index contributed by atoms with van der Waals surface area (Å²) in [4.78, 5) is 26.5. The molecule has 1 fully saturated rings. The minimum Gasteiger partial charge on any atom is -0.450 e. The van der Waals surface area contributed by atoms with E-state index in [2.05, 4.69) is 10.5 Å². The van der Waals surface area contributed by atoms with Crippen molar-refractivity contribution in [3.63, 3.8) is 0 Å². The van der Waals surface area contributed by atoms with Gasteiger partial charge in [-0.1, -0.05) is 5.16 Å². The lowest BCUT2D eigenvalue weighted by Crippen LogP contribution is -2.51. The van der Waals surface area contributed by atoms with E-state index in [0.717, 1.165) is 0 Å². The second-order valence-electron chi connectivity index (χ2n) is 3.98. The molecule has 0 unspecified atom stereocenters. The number of urea groups is 1. The summed E-state index contributed by atoms with van der Waals surface area (Å²) in [6, 6.07) is 1.30. The van der Waals surface area contributed by atoms with Gasteiger partial charge >= 0.3 is 12.1 Å². The second-order valence-corrected chi connectivity index (χ2v) is 3.98. The van der Waals surface area contributed by atoms with Crippen LogP contribution in [0.3, 0.4) is 0 Å². The van der Waals surface area contributed by atoms with E-state index in [4.69, 9.17) is 9.26 Å². The van der Waals surface area contributed by atoms with E-state index in [1.54, 1.807) is 22.8 Å². The van der Waals surface area contributed by atoms with Crippen LogP contribution in [0.1, 0.15) is 6.92 Å². The molecule has 1 aromatic heterocycles. The lowest BCUT2D eigenvalue weighted by atomic mass is 10.3. The molecule has 0 aromatic carbocycles. The van der Waals surface area contributed by atoms with Crippen LogP contribution in [0.25, 0.3) is 0 Å². The topological polar surface area (TPSA) is 87.9 Å². The maximum absolute atomic E-state index is 11.9. The van der Waals surface area contributed by atoms with Gasteiger partial charge in [-0.2, -0.15) is 0 Å². The number of carbonyl (C=O) groups is 2. The Bertz CT molecular complexity index is 426. The first-order chi connectivity index (χ1) is 9.20. The minimum absolute atomic E-state index is 0.264. The van der Waals surface area contributed by atoms with Crippen LogP contribution in [0.2, 0.25) is 0 Å². The summed E-state index contributed by atoms with van der Waals surface area (Å²) in [7, 11) is 0. The normalized spacial score (nSPS) is 15.2. The van der Waals surface area contributed by atoms with E-state index in [-0.39, 0.29) is 12.1 Å². The molecule has 19 heavy (non-hydrogen) atoms. The minimum atomic E-state index is -0.335. The van der Waals surface area contributed by atoms with Gasteiger partial charge in [-0.15, -0.1) is 0 Å². The van der Waals surface area contributed by atoms with Crippen LogP contribution in [-0.4, -0.2) is 59.9 Å². The number of hydrogen-bond acceptors (Lipinski definition) is 5. The molecule has 1 aliphatic rings. The first-order valence-electron chi connectivity index (χ1n) is 6.09. The number of piperazine rings is 1. The lowest BCUT2D eigenvalue weighted by Gasteiger charge is -2.33. The first kappa shape index (κ1) is 13.2. The summed E-state index contributed by atoms with van der Waals surface area (Å²) >= 11 is 0. The zero-order valence-corrected chi connectivity index (χ0v) is 10.7. The van der Waals surface area contributed by atoms with Crippen LogP contribution in [0.15, 0.2) is 16.8 Å². The molecule has 0 atom stereocenters. The van der Waals surface area contributed by atoms with Gasteiger partial charge in [0.2, 0.25) is 5.88 Å². The molecule has 3 amide bonds. The molecule has 0 aliphatic carbocycles. The summed E-state index contributed by atoms with van der Waals surface area (Å²) < 4.78 is 9.70. The molecule has 104 valence electrons. The molecule has 0 saturated carbocycles. The van der Waals surface area contributed by atoms with Crippen LogP contribution < -0.4 is 5.32 Å². The van der Waals surface area contributed by atoms with Crippen molar-refractivity contribution in [1.82, 2.24) is 15.0 Å². The van der Waals surface area contributed by atoms with Crippen LogP contribution in [0.4, 0.5) is 15.5 Å². The van der Waals surface area contributed by atoms with Crippen molar-refractivity contribution in [2.45, 2.75) is 6.92 Å². The fourth-order valence-corrected chi connectivity index (χ4v) is 1.77. The maximum atomic E-state index is 11.9. The number of hydrogen-bond donors (Lipinski definition) is 1. The zero-order chi connectivity index (χ0) is 13.7. The van der Waals surface area contributed by atoms with Gasteiger partial charge in [0, 0.05) is 32.2 Å². The van der Waals surface area contributed by atoms with E-state index < -0.39 is 0 Å². The Balaban J connectivity index is 1.79. The van der Waals surface area contributed by atoms with Crippen molar-refractivity contribution < 1.29 is 18.8 Å². The summed E-state index contributed by atoms with van der Waals surface area (Å²) in [5.41, 5.74) is 0. The molecular weight excluding hydrogens is 252 g/mol. The average molecular weight is 268 g/mol. The Morgan fingerprint density at radius 3 is 2.63 bits per heavy atom. The van der Waals surface area contributed by atoms with Gasteiger partial charge < -0.3 is 19.1 Å². The molecule has 1 aliphatic heterocycles. The number of anilines is 1. The molecule has 2 heterocycles. The van der Waals surface area contributed by atoms with Gasteiger partial charge in [0.1, 0.15) is 0 Å². The molecule has 1 N–H and O–H groups in total. The van der Waals surface area contributed by atoms with Crippen LogP contribution in [0, 0.1) is 0 Å². The zero-order valence-electron chi connectivity index (χ0n) is 10.7. The highest BCUT2D eigenvalue weighted by Crippen LogP contribution is 2.08. The van der Waals surface area contributed by atoms with Crippen molar-refractivity contribution in [3.05, 3.63) is 12.3 Å². The van der Waals surface area contributed by atoms with Crippen molar-refractivity contribution in [1.29, 1.82) is 0 Å². The van der Waals surface area contributed by atoms with E-state index in [0.29, 0.717) is 38.7 Å². The third-order valence-electron chi connectivity index (χ3n) is 2.76. The van der Waals surface area contributed by atoms with Gasteiger partial charge in [-0.05, 0) is 6.92 Å². The largest absolute Gasteiger partial charge is 0.450 e. The Morgan fingerprint density at radius 2 is 2.05 bits per heavy atom. The number of carbonyl (C=O) groups excluding carboxylic acids is 2. The molecule has 2 rings (SSSR count).